The van der Waals surface area contributed by atoms with Crippen LogP contribution >= 0.6 is 0 Å². The van der Waals surface area contributed by atoms with E-state index in [9.17, 15) is 4.79 Å². The van der Waals surface area contributed by atoms with Crippen LogP contribution in [0.1, 0.15) is 48.8 Å². The van der Waals surface area contributed by atoms with Crippen LogP contribution in [0.4, 0.5) is 0 Å². The minimum atomic E-state index is 0.0890. The number of aromatic nitrogens is 2. The van der Waals surface area contributed by atoms with E-state index in [-0.39, 0.29) is 18.0 Å². The summed E-state index contributed by atoms with van der Waals surface area (Å²) in [5, 5.41) is 4.40. The lowest BCUT2D eigenvalue weighted by molar-refractivity contribution is -0.126. The highest BCUT2D eigenvalue weighted by atomic mass is 16.1. The number of nitrogens with zero attached hydrogens (tertiary/aromatic N) is 2. The molecular weight excluding hydrogens is 336 g/mol. The number of fused-ring (bicyclic) bond motifs is 1. The van der Waals surface area contributed by atoms with Gasteiger partial charge in [-0.2, -0.15) is 0 Å². The lowest BCUT2D eigenvalue weighted by Gasteiger charge is -2.39. The molecule has 1 amide bonds. The van der Waals surface area contributed by atoms with Gasteiger partial charge in [-0.1, -0.05) is 30.3 Å². The molecule has 2 saturated heterocycles. The first-order chi connectivity index (χ1) is 13.3. The Labute approximate surface area is 158 Å². The predicted octanol–water partition coefficient (Wildman–Crippen LogP) is 3.72. The Morgan fingerprint density at radius 3 is 2.89 bits per heavy atom. The Balaban J connectivity index is 1.44. The van der Waals surface area contributed by atoms with Gasteiger partial charge in [0, 0.05) is 36.8 Å². The van der Waals surface area contributed by atoms with Crippen LogP contribution in [-0.4, -0.2) is 33.5 Å². The number of carbonyl (C=O) groups excluding carboxylic acids is 1. The molecule has 27 heavy (non-hydrogen) atoms. The van der Waals surface area contributed by atoms with Gasteiger partial charge in [0.05, 0.1) is 6.17 Å². The number of nitrogens with one attached hydrogen (secondary N) is 2. The molecule has 5 rings (SSSR count). The van der Waals surface area contributed by atoms with Crippen molar-refractivity contribution in [2.75, 3.05) is 6.54 Å². The summed E-state index contributed by atoms with van der Waals surface area (Å²) >= 11 is 0. The molecular formula is C22H24N4O. The lowest BCUT2D eigenvalue weighted by Crippen LogP contribution is -2.51. The van der Waals surface area contributed by atoms with Crippen molar-refractivity contribution in [3.63, 3.8) is 0 Å². The third kappa shape index (κ3) is 3.02. The second-order valence-corrected chi connectivity index (χ2v) is 7.67. The monoisotopic (exact) mass is 360 g/mol. The van der Waals surface area contributed by atoms with Gasteiger partial charge in [-0.25, -0.2) is 4.98 Å². The number of amides is 1. The SMILES string of the molecule is O=C1CC(c2ccnc3[nH]ccc23)CC(N2CCCC2c2ccccc2)N1. The third-order valence-electron chi connectivity index (χ3n) is 6.08. The van der Waals surface area contributed by atoms with Crippen molar-refractivity contribution >= 4 is 16.9 Å². The van der Waals surface area contributed by atoms with E-state index in [0.29, 0.717) is 12.5 Å². The molecule has 2 fully saturated rings. The van der Waals surface area contributed by atoms with Crippen molar-refractivity contribution in [3.05, 3.63) is 66.0 Å². The molecule has 0 saturated carbocycles. The van der Waals surface area contributed by atoms with Crippen LogP contribution in [0, 0.1) is 0 Å². The van der Waals surface area contributed by atoms with Crippen LogP contribution in [0.5, 0.6) is 0 Å². The summed E-state index contributed by atoms with van der Waals surface area (Å²) in [5.74, 6) is 0.373. The molecule has 2 aliphatic heterocycles. The normalized spacial score (nSPS) is 26.4. The van der Waals surface area contributed by atoms with E-state index in [4.69, 9.17) is 0 Å². The molecule has 0 spiro atoms. The van der Waals surface area contributed by atoms with Gasteiger partial charge in [0.2, 0.25) is 5.91 Å². The quantitative estimate of drug-likeness (QED) is 0.748. The van der Waals surface area contributed by atoms with Crippen molar-refractivity contribution in [2.24, 2.45) is 0 Å². The van der Waals surface area contributed by atoms with E-state index in [2.05, 4.69) is 62.6 Å². The van der Waals surface area contributed by atoms with Gasteiger partial charge in [0.25, 0.3) is 0 Å². The van der Waals surface area contributed by atoms with E-state index in [0.717, 1.165) is 30.4 Å². The maximum Gasteiger partial charge on any atom is 0.221 e. The molecule has 2 N–H and O–H groups in total. The number of benzene rings is 1. The molecule has 2 aliphatic rings. The zero-order valence-electron chi connectivity index (χ0n) is 15.3. The Bertz CT molecular complexity index is 951. The van der Waals surface area contributed by atoms with E-state index >= 15 is 0 Å². The number of hydrogen-bond acceptors (Lipinski definition) is 3. The van der Waals surface area contributed by atoms with Gasteiger partial charge in [0.15, 0.2) is 0 Å². The minimum Gasteiger partial charge on any atom is -0.346 e. The van der Waals surface area contributed by atoms with Crippen molar-refractivity contribution in [3.8, 4) is 0 Å². The van der Waals surface area contributed by atoms with Crippen LogP contribution in [0.2, 0.25) is 0 Å². The molecule has 1 aromatic carbocycles. The molecule has 3 atom stereocenters. The fraction of sp³-hybridized carbons (Fsp3) is 0.364. The second-order valence-electron chi connectivity index (χ2n) is 7.67. The van der Waals surface area contributed by atoms with E-state index in [1.165, 1.54) is 17.5 Å². The zero-order chi connectivity index (χ0) is 18.2. The first-order valence-corrected chi connectivity index (χ1v) is 9.81. The summed E-state index contributed by atoms with van der Waals surface area (Å²) in [6, 6.07) is 15.2. The maximum atomic E-state index is 12.6. The van der Waals surface area contributed by atoms with Crippen LogP contribution in [0.25, 0.3) is 11.0 Å². The van der Waals surface area contributed by atoms with E-state index < -0.39 is 0 Å². The third-order valence-corrected chi connectivity index (χ3v) is 6.08. The largest absolute Gasteiger partial charge is 0.346 e. The molecule has 2 aromatic heterocycles. The van der Waals surface area contributed by atoms with Gasteiger partial charge < -0.3 is 10.3 Å². The van der Waals surface area contributed by atoms with Gasteiger partial charge >= 0.3 is 0 Å². The van der Waals surface area contributed by atoms with Crippen molar-refractivity contribution in [1.82, 2.24) is 20.2 Å². The Morgan fingerprint density at radius 1 is 1.11 bits per heavy atom. The lowest BCUT2D eigenvalue weighted by atomic mass is 9.86. The Hall–Kier alpha value is -2.66. The number of hydrogen-bond donors (Lipinski definition) is 2. The van der Waals surface area contributed by atoms with Crippen molar-refractivity contribution in [1.29, 1.82) is 0 Å². The number of aromatic amines is 1. The molecule has 0 radical (unpaired) electrons. The van der Waals surface area contributed by atoms with E-state index in [1.807, 2.05) is 12.4 Å². The Kier molecular flexibility index (Phi) is 4.17. The molecule has 0 bridgehead atoms. The molecule has 3 unspecified atom stereocenters. The predicted molar refractivity (Wildman–Crippen MR) is 105 cm³/mol. The molecule has 4 heterocycles. The van der Waals surface area contributed by atoms with E-state index in [1.54, 1.807) is 0 Å². The minimum absolute atomic E-state index is 0.0890. The smallest absolute Gasteiger partial charge is 0.221 e. The average molecular weight is 360 g/mol. The van der Waals surface area contributed by atoms with Crippen LogP contribution in [0.3, 0.4) is 0 Å². The van der Waals surface area contributed by atoms with Crippen molar-refractivity contribution < 1.29 is 4.79 Å². The Morgan fingerprint density at radius 2 is 2.00 bits per heavy atom. The maximum absolute atomic E-state index is 12.6. The summed E-state index contributed by atoms with van der Waals surface area (Å²) in [6.45, 7) is 1.03. The average Bonchev–Trinajstić information content (AvgIpc) is 3.37. The van der Waals surface area contributed by atoms with Gasteiger partial charge in [-0.3, -0.25) is 9.69 Å². The summed E-state index contributed by atoms with van der Waals surface area (Å²) in [4.78, 5) is 22.6. The highest BCUT2D eigenvalue weighted by molar-refractivity contribution is 5.83. The van der Waals surface area contributed by atoms with Crippen molar-refractivity contribution in [2.45, 2.75) is 43.8 Å². The number of carbonyl (C=O) groups is 1. The van der Waals surface area contributed by atoms with Gasteiger partial charge in [-0.15, -0.1) is 0 Å². The first-order valence-electron chi connectivity index (χ1n) is 9.81. The molecule has 5 heteroatoms. The summed E-state index contributed by atoms with van der Waals surface area (Å²) in [5.41, 5.74) is 3.48. The number of piperidine rings is 1. The summed E-state index contributed by atoms with van der Waals surface area (Å²) < 4.78 is 0. The molecule has 138 valence electrons. The summed E-state index contributed by atoms with van der Waals surface area (Å²) in [6.07, 6.45) is 7.67. The molecule has 3 aromatic rings. The highest BCUT2D eigenvalue weighted by Crippen LogP contribution is 2.39. The zero-order valence-corrected chi connectivity index (χ0v) is 15.3. The highest BCUT2D eigenvalue weighted by Gasteiger charge is 2.37. The van der Waals surface area contributed by atoms with Crippen LogP contribution in [-0.2, 0) is 4.79 Å². The topological polar surface area (TPSA) is 61.0 Å². The summed E-state index contributed by atoms with van der Waals surface area (Å²) in [7, 11) is 0. The number of pyridine rings is 1. The standard InChI is InChI=1S/C22H24N4O/c27-21-14-16(17-8-10-23-22-18(17)9-11-24-22)13-20(25-21)26-12-4-7-19(26)15-5-2-1-3-6-15/h1-3,5-6,8-11,16,19-20H,4,7,12-14H2,(H,23,24)(H,25,27). The molecule has 5 nitrogen and oxygen atoms in total. The van der Waals surface area contributed by atoms with Gasteiger partial charge in [-0.05, 0) is 48.4 Å². The number of rotatable bonds is 3. The number of H-pyrrole nitrogens is 1. The molecule has 0 aliphatic carbocycles. The van der Waals surface area contributed by atoms with Crippen LogP contribution < -0.4 is 5.32 Å². The fourth-order valence-corrected chi connectivity index (χ4v) is 4.87. The second kappa shape index (κ2) is 6.82. The van der Waals surface area contributed by atoms with Gasteiger partial charge in [0.1, 0.15) is 5.65 Å². The van der Waals surface area contributed by atoms with Crippen LogP contribution in [0.15, 0.2) is 54.9 Å². The number of likely N-dealkylation sites (tertiary alicyclic amines) is 1. The first kappa shape index (κ1) is 16.5. The fourth-order valence-electron chi connectivity index (χ4n) is 4.87.